The summed E-state index contributed by atoms with van der Waals surface area (Å²) in [5.74, 6) is 0. The third-order valence-corrected chi connectivity index (χ3v) is 3.89. The highest BCUT2D eigenvalue weighted by atomic mass is 32.1. The van der Waals surface area contributed by atoms with E-state index in [0.29, 0.717) is 10.8 Å². The molecule has 3 rings (SSSR count). The standard InChI is InChI=1S/C15H12N4O3S/c20-14-7-6-13(19(21)22)9-18(14)8-12-10-23-15(17-12)16-11-4-2-1-3-5-11/h1-7,9-10H,8H2,(H,16,17). The Morgan fingerprint density at radius 1 is 1.22 bits per heavy atom. The number of nitrogens with zero attached hydrogens (tertiary/aromatic N) is 3. The van der Waals surface area contributed by atoms with Crippen molar-refractivity contribution in [2.24, 2.45) is 0 Å². The number of rotatable bonds is 5. The maximum atomic E-state index is 11.8. The van der Waals surface area contributed by atoms with Crippen LogP contribution in [0.25, 0.3) is 0 Å². The fourth-order valence-electron chi connectivity index (χ4n) is 2.01. The van der Waals surface area contributed by atoms with Crippen LogP contribution >= 0.6 is 11.3 Å². The number of para-hydroxylation sites is 1. The van der Waals surface area contributed by atoms with Gasteiger partial charge in [-0.1, -0.05) is 18.2 Å². The molecule has 1 N–H and O–H groups in total. The number of benzene rings is 1. The van der Waals surface area contributed by atoms with Gasteiger partial charge in [0.25, 0.3) is 11.2 Å². The molecular formula is C15H12N4O3S. The molecule has 7 nitrogen and oxygen atoms in total. The molecule has 0 bridgehead atoms. The second-order valence-electron chi connectivity index (χ2n) is 4.75. The van der Waals surface area contributed by atoms with E-state index in [0.717, 1.165) is 5.69 Å². The van der Waals surface area contributed by atoms with Crippen molar-refractivity contribution in [3.05, 3.63) is 80.2 Å². The van der Waals surface area contributed by atoms with Crippen LogP contribution in [0.1, 0.15) is 5.69 Å². The van der Waals surface area contributed by atoms with Crippen LogP contribution in [-0.2, 0) is 6.54 Å². The monoisotopic (exact) mass is 328 g/mol. The van der Waals surface area contributed by atoms with Gasteiger partial charge in [-0.3, -0.25) is 14.9 Å². The second kappa shape index (κ2) is 6.41. The third kappa shape index (κ3) is 3.61. The van der Waals surface area contributed by atoms with Crippen molar-refractivity contribution in [1.29, 1.82) is 0 Å². The van der Waals surface area contributed by atoms with Gasteiger partial charge in [0.15, 0.2) is 5.13 Å². The minimum atomic E-state index is -0.528. The van der Waals surface area contributed by atoms with Crippen LogP contribution < -0.4 is 10.9 Å². The lowest BCUT2D eigenvalue weighted by molar-refractivity contribution is -0.385. The smallest absolute Gasteiger partial charge is 0.285 e. The van der Waals surface area contributed by atoms with Crippen LogP contribution in [0.15, 0.2) is 58.8 Å². The Balaban J connectivity index is 1.78. The predicted molar refractivity (Wildman–Crippen MR) is 88.3 cm³/mol. The number of thiazole rings is 1. The summed E-state index contributed by atoms with van der Waals surface area (Å²) < 4.78 is 1.28. The van der Waals surface area contributed by atoms with Gasteiger partial charge in [-0.05, 0) is 12.1 Å². The summed E-state index contributed by atoms with van der Waals surface area (Å²) in [5.41, 5.74) is 1.15. The summed E-state index contributed by atoms with van der Waals surface area (Å²) in [5, 5.41) is 16.5. The lowest BCUT2D eigenvalue weighted by Crippen LogP contribution is -2.19. The predicted octanol–water partition coefficient (Wildman–Crippen LogP) is 3.00. The van der Waals surface area contributed by atoms with Crippen LogP contribution in [0.3, 0.4) is 0 Å². The molecule has 3 aromatic rings. The first-order chi connectivity index (χ1) is 11.1. The average Bonchev–Trinajstić information content (AvgIpc) is 2.97. The van der Waals surface area contributed by atoms with Crippen molar-refractivity contribution in [1.82, 2.24) is 9.55 Å². The Hall–Kier alpha value is -3.00. The zero-order valence-electron chi connectivity index (χ0n) is 11.9. The molecule has 0 aliphatic carbocycles. The molecule has 0 spiro atoms. The molecule has 0 aliphatic heterocycles. The highest BCUT2D eigenvalue weighted by Gasteiger charge is 2.10. The van der Waals surface area contributed by atoms with Gasteiger partial charge in [-0.2, -0.15) is 0 Å². The molecule has 0 radical (unpaired) electrons. The number of nitrogens with one attached hydrogen (secondary N) is 1. The zero-order valence-corrected chi connectivity index (χ0v) is 12.7. The van der Waals surface area contributed by atoms with E-state index in [1.165, 1.54) is 34.2 Å². The number of anilines is 2. The van der Waals surface area contributed by atoms with E-state index in [1.54, 1.807) is 0 Å². The maximum Gasteiger partial charge on any atom is 0.285 e. The lowest BCUT2D eigenvalue weighted by Gasteiger charge is -2.03. The molecular weight excluding hydrogens is 316 g/mol. The van der Waals surface area contributed by atoms with Crippen molar-refractivity contribution in [2.45, 2.75) is 6.54 Å². The zero-order chi connectivity index (χ0) is 16.2. The summed E-state index contributed by atoms with van der Waals surface area (Å²) in [4.78, 5) is 26.5. The highest BCUT2D eigenvalue weighted by Crippen LogP contribution is 2.21. The topological polar surface area (TPSA) is 90.1 Å². The molecule has 0 saturated heterocycles. The summed E-state index contributed by atoms with van der Waals surface area (Å²) in [6, 6.07) is 12.0. The molecule has 8 heteroatoms. The van der Waals surface area contributed by atoms with Gasteiger partial charge >= 0.3 is 0 Å². The Bertz CT molecular complexity index is 889. The third-order valence-electron chi connectivity index (χ3n) is 3.09. The molecule has 1 aromatic carbocycles. The van der Waals surface area contributed by atoms with Crippen molar-refractivity contribution in [3.8, 4) is 0 Å². The minimum Gasteiger partial charge on any atom is -0.332 e. The van der Waals surface area contributed by atoms with E-state index in [4.69, 9.17) is 0 Å². The Labute approximate surface area is 135 Å². The van der Waals surface area contributed by atoms with E-state index >= 15 is 0 Å². The summed E-state index contributed by atoms with van der Waals surface area (Å²) in [7, 11) is 0. The Morgan fingerprint density at radius 2 is 2.00 bits per heavy atom. The van der Waals surface area contributed by atoms with Crippen LogP contribution in [0.4, 0.5) is 16.5 Å². The van der Waals surface area contributed by atoms with E-state index in [2.05, 4.69) is 10.3 Å². The van der Waals surface area contributed by atoms with E-state index < -0.39 is 4.92 Å². The first-order valence-electron chi connectivity index (χ1n) is 6.73. The van der Waals surface area contributed by atoms with Crippen LogP contribution in [0.5, 0.6) is 0 Å². The number of hydrogen-bond acceptors (Lipinski definition) is 6. The van der Waals surface area contributed by atoms with Gasteiger partial charge in [0.1, 0.15) is 0 Å². The maximum absolute atomic E-state index is 11.8. The summed E-state index contributed by atoms with van der Waals surface area (Å²) in [6.07, 6.45) is 1.23. The van der Waals surface area contributed by atoms with Gasteiger partial charge in [0.05, 0.1) is 23.4 Å². The van der Waals surface area contributed by atoms with Crippen molar-refractivity contribution in [3.63, 3.8) is 0 Å². The number of nitro groups is 1. The average molecular weight is 328 g/mol. The normalized spacial score (nSPS) is 10.4. The summed E-state index contributed by atoms with van der Waals surface area (Å²) in [6.45, 7) is 0.188. The highest BCUT2D eigenvalue weighted by molar-refractivity contribution is 7.13. The molecule has 23 heavy (non-hydrogen) atoms. The molecule has 0 fully saturated rings. The van der Waals surface area contributed by atoms with Gasteiger partial charge in [0, 0.05) is 23.2 Å². The molecule has 0 atom stereocenters. The lowest BCUT2D eigenvalue weighted by atomic mass is 10.3. The van der Waals surface area contributed by atoms with Crippen molar-refractivity contribution < 1.29 is 4.92 Å². The number of hydrogen-bond donors (Lipinski definition) is 1. The van der Waals surface area contributed by atoms with E-state index in [1.807, 2.05) is 35.7 Å². The van der Waals surface area contributed by atoms with E-state index in [-0.39, 0.29) is 17.8 Å². The number of aromatic nitrogens is 2. The Morgan fingerprint density at radius 3 is 2.74 bits per heavy atom. The van der Waals surface area contributed by atoms with Crippen LogP contribution in [-0.4, -0.2) is 14.5 Å². The van der Waals surface area contributed by atoms with Crippen LogP contribution in [0.2, 0.25) is 0 Å². The second-order valence-corrected chi connectivity index (χ2v) is 5.60. The molecule has 2 aromatic heterocycles. The molecule has 0 amide bonds. The first-order valence-corrected chi connectivity index (χ1v) is 7.61. The molecule has 0 unspecified atom stereocenters. The van der Waals surface area contributed by atoms with Gasteiger partial charge in [0.2, 0.25) is 0 Å². The first kappa shape index (κ1) is 14.9. The molecule has 0 aliphatic rings. The quantitative estimate of drug-likeness (QED) is 0.574. The van der Waals surface area contributed by atoms with Crippen LogP contribution in [0, 0.1) is 10.1 Å². The SMILES string of the molecule is O=c1ccc([N+](=O)[O-])cn1Cc1csc(Nc2ccccc2)n1. The van der Waals surface area contributed by atoms with E-state index in [9.17, 15) is 14.9 Å². The fourth-order valence-corrected chi connectivity index (χ4v) is 2.73. The van der Waals surface area contributed by atoms with Gasteiger partial charge in [-0.25, -0.2) is 4.98 Å². The summed E-state index contributed by atoms with van der Waals surface area (Å²) >= 11 is 1.41. The molecule has 2 heterocycles. The minimum absolute atomic E-state index is 0.123. The largest absolute Gasteiger partial charge is 0.332 e. The molecule has 116 valence electrons. The van der Waals surface area contributed by atoms with Gasteiger partial charge < -0.3 is 9.88 Å². The van der Waals surface area contributed by atoms with Gasteiger partial charge in [-0.15, -0.1) is 11.3 Å². The van der Waals surface area contributed by atoms with Crippen molar-refractivity contribution in [2.75, 3.05) is 5.32 Å². The fraction of sp³-hybridized carbons (Fsp3) is 0.0667. The number of pyridine rings is 1. The Kier molecular flexibility index (Phi) is 4.15. The molecule has 0 saturated carbocycles. The van der Waals surface area contributed by atoms with Crippen molar-refractivity contribution >= 4 is 27.8 Å².